The minimum absolute atomic E-state index is 0.134. The highest BCUT2D eigenvalue weighted by Crippen LogP contribution is 2.34. The van der Waals surface area contributed by atoms with Gasteiger partial charge in [0.05, 0.1) is 27.4 Å². The minimum Gasteiger partial charge on any atom is -0.323 e. The van der Waals surface area contributed by atoms with Gasteiger partial charge in [0, 0.05) is 12.1 Å². The van der Waals surface area contributed by atoms with Crippen LogP contribution < -0.4 is 10.9 Å². The molecule has 2 rings (SSSR count). The first-order chi connectivity index (χ1) is 12.0. The number of benzene rings is 1. The lowest BCUT2D eigenvalue weighted by Gasteiger charge is -2.16. The average molecular weight is 390 g/mol. The first-order valence-corrected chi connectivity index (χ1v) is 7.42. The average Bonchev–Trinajstić information content (AvgIpc) is 2.55. The van der Waals surface area contributed by atoms with Crippen LogP contribution in [0.3, 0.4) is 0 Å². The van der Waals surface area contributed by atoms with E-state index in [9.17, 15) is 32.9 Å². The quantitative estimate of drug-likeness (QED) is 0.638. The topological polar surface area (TPSA) is 94.2 Å². The van der Waals surface area contributed by atoms with Crippen molar-refractivity contribution < 1.29 is 22.9 Å². The Morgan fingerprint density at radius 2 is 1.96 bits per heavy atom. The maximum Gasteiger partial charge on any atom is 0.416 e. The number of rotatable bonds is 4. The summed E-state index contributed by atoms with van der Waals surface area (Å²) in [5.41, 5.74) is -2.41. The Balaban J connectivity index is 2.32. The van der Waals surface area contributed by atoms with Crippen LogP contribution in [0.25, 0.3) is 0 Å². The van der Waals surface area contributed by atoms with Crippen LogP contribution in [0.4, 0.5) is 24.5 Å². The summed E-state index contributed by atoms with van der Waals surface area (Å²) >= 11 is 5.80. The zero-order valence-electron chi connectivity index (χ0n) is 13.1. The molecule has 26 heavy (non-hydrogen) atoms. The van der Waals surface area contributed by atoms with E-state index in [0.717, 1.165) is 35.0 Å². The Hall–Kier alpha value is -2.88. The molecule has 1 amide bonds. The van der Waals surface area contributed by atoms with Crippen molar-refractivity contribution in [1.29, 1.82) is 0 Å². The van der Waals surface area contributed by atoms with Gasteiger partial charge >= 0.3 is 6.18 Å². The molecule has 1 aromatic heterocycles. The number of pyridine rings is 1. The number of hydrogen-bond acceptors (Lipinski definition) is 4. The summed E-state index contributed by atoms with van der Waals surface area (Å²) in [4.78, 5) is 34.2. The summed E-state index contributed by atoms with van der Waals surface area (Å²) in [5.74, 6) is -0.867. The molecule has 138 valence electrons. The van der Waals surface area contributed by atoms with Gasteiger partial charge in [-0.2, -0.15) is 13.2 Å². The number of halogens is 4. The van der Waals surface area contributed by atoms with Crippen LogP contribution in [0.15, 0.2) is 41.3 Å². The maximum absolute atomic E-state index is 12.8. The van der Waals surface area contributed by atoms with E-state index in [-0.39, 0.29) is 10.7 Å². The van der Waals surface area contributed by atoms with Crippen LogP contribution in [0.2, 0.25) is 5.02 Å². The van der Waals surface area contributed by atoms with Gasteiger partial charge in [-0.1, -0.05) is 11.6 Å². The normalized spacial score (nSPS) is 12.5. The minimum atomic E-state index is -4.63. The summed E-state index contributed by atoms with van der Waals surface area (Å²) in [6.45, 7) is 1.27. The van der Waals surface area contributed by atoms with Crippen LogP contribution in [-0.4, -0.2) is 15.4 Å². The fourth-order valence-corrected chi connectivity index (χ4v) is 2.23. The van der Waals surface area contributed by atoms with Crippen LogP contribution in [0.1, 0.15) is 18.5 Å². The summed E-state index contributed by atoms with van der Waals surface area (Å²) in [7, 11) is 0. The van der Waals surface area contributed by atoms with Crippen molar-refractivity contribution in [2.24, 2.45) is 0 Å². The lowest BCUT2D eigenvalue weighted by Crippen LogP contribution is -2.31. The predicted octanol–water partition coefficient (Wildman–Crippen LogP) is 3.63. The lowest BCUT2D eigenvalue weighted by molar-refractivity contribution is -0.385. The smallest absolute Gasteiger partial charge is 0.323 e. The third kappa shape index (κ3) is 4.20. The molecular weight excluding hydrogens is 379 g/mol. The zero-order chi connectivity index (χ0) is 19.6. The van der Waals surface area contributed by atoms with Crippen LogP contribution in [-0.2, 0) is 11.0 Å². The molecule has 0 fully saturated rings. The molecule has 0 spiro atoms. The largest absolute Gasteiger partial charge is 0.416 e. The van der Waals surface area contributed by atoms with E-state index in [1.165, 1.54) is 6.92 Å². The zero-order valence-corrected chi connectivity index (χ0v) is 13.8. The van der Waals surface area contributed by atoms with Gasteiger partial charge in [0.1, 0.15) is 6.04 Å². The monoisotopic (exact) mass is 389 g/mol. The van der Waals surface area contributed by atoms with Crippen molar-refractivity contribution in [1.82, 2.24) is 4.57 Å². The molecule has 0 aliphatic rings. The standard InChI is InChI=1S/C15H11ClF3N3O4/c1-8(21-7-10(22(25)26)3-5-13(21)23)14(24)20-12-6-9(15(17,18)19)2-4-11(12)16/h2-8H,1H3,(H,20,24)/t8-/m0/s1. The highest BCUT2D eigenvalue weighted by Gasteiger charge is 2.31. The number of carbonyl (C=O) groups is 1. The van der Waals surface area contributed by atoms with Crippen molar-refractivity contribution >= 4 is 28.9 Å². The summed E-state index contributed by atoms with van der Waals surface area (Å²) in [5, 5.41) is 12.9. The molecular formula is C15H11ClF3N3O4. The van der Waals surface area contributed by atoms with Crippen molar-refractivity contribution in [2.45, 2.75) is 19.1 Å². The van der Waals surface area contributed by atoms with E-state index in [1.54, 1.807) is 0 Å². The van der Waals surface area contributed by atoms with E-state index in [0.29, 0.717) is 6.07 Å². The fourth-order valence-electron chi connectivity index (χ4n) is 2.06. The second-order valence-corrected chi connectivity index (χ2v) is 5.65. The maximum atomic E-state index is 12.8. The first-order valence-electron chi connectivity index (χ1n) is 7.05. The number of anilines is 1. The second-order valence-electron chi connectivity index (χ2n) is 5.25. The van der Waals surface area contributed by atoms with Gasteiger partial charge in [-0.05, 0) is 25.1 Å². The van der Waals surface area contributed by atoms with E-state index in [1.807, 2.05) is 0 Å². The lowest BCUT2D eigenvalue weighted by atomic mass is 10.2. The fraction of sp³-hybridized carbons (Fsp3) is 0.200. The highest BCUT2D eigenvalue weighted by atomic mass is 35.5. The predicted molar refractivity (Wildman–Crippen MR) is 87.2 cm³/mol. The Morgan fingerprint density at radius 3 is 2.54 bits per heavy atom. The third-order valence-corrected chi connectivity index (χ3v) is 3.81. The summed E-state index contributed by atoms with van der Waals surface area (Å²) in [6.07, 6.45) is -3.76. The molecule has 0 saturated carbocycles. The summed E-state index contributed by atoms with van der Waals surface area (Å²) < 4.78 is 39.1. The number of nitro groups is 1. The van der Waals surface area contributed by atoms with Crippen LogP contribution in [0.5, 0.6) is 0 Å². The van der Waals surface area contributed by atoms with E-state index in [4.69, 9.17) is 11.6 Å². The number of aromatic nitrogens is 1. The molecule has 0 saturated heterocycles. The number of nitrogens with zero attached hydrogens (tertiary/aromatic N) is 2. The molecule has 0 bridgehead atoms. The molecule has 1 N–H and O–H groups in total. The summed E-state index contributed by atoms with van der Waals surface area (Å²) in [6, 6.07) is 3.06. The van der Waals surface area contributed by atoms with Crippen LogP contribution in [0, 0.1) is 10.1 Å². The van der Waals surface area contributed by atoms with Crippen molar-refractivity contribution in [3.8, 4) is 0 Å². The number of hydrogen-bond donors (Lipinski definition) is 1. The van der Waals surface area contributed by atoms with Crippen molar-refractivity contribution in [2.75, 3.05) is 5.32 Å². The Morgan fingerprint density at radius 1 is 1.31 bits per heavy atom. The molecule has 0 aliphatic carbocycles. The SMILES string of the molecule is C[C@@H](C(=O)Nc1cc(C(F)(F)F)ccc1Cl)n1cc([N+](=O)[O-])ccc1=O. The molecule has 2 aromatic rings. The first kappa shape index (κ1) is 19.4. The van der Waals surface area contributed by atoms with E-state index in [2.05, 4.69) is 5.32 Å². The number of nitrogens with one attached hydrogen (secondary N) is 1. The molecule has 0 unspecified atom stereocenters. The van der Waals surface area contributed by atoms with Gasteiger partial charge in [0.2, 0.25) is 5.91 Å². The number of carbonyl (C=O) groups excluding carboxylic acids is 1. The van der Waals surface area contributed by atoms with Crippen molar-refractivity contribution in [3.05, 3.63) is 67.6 Å². The molecule has 0 aliphatic heterocycles. The Bertz CT molecular complexity index is 927. The van der Waals surface area contributed by atoms with Gasteiger partial charge in [-0.3, -0.25) is 24.3 Å². The van der Waals surface area contributed by atoms with Crippen LogP contribution >= 0.6 is 11.6 Å². The van der Waals surface area contributed by atoms with Gasteiger partial charge in [0.25, 0.3) is 11.2 Å². The molecule has 1 aromatic carbocycles. The van der Waals surface area contributed by atoms with Gasteiger partial charge in [-0.25, -0.2) is 0 Å². The number of amides is 1. The highest BCUT2D eigenvalue weighted by molar-refractivity contribution is 6.33. The van der Waals surface area contributed by atoms with Gasteiger partial charge in [0.15, 0.2) is 0 Å². The molecule has 1 atom stereocenters. The van der Waals surface area contributed by atoms with E-state index < -0.39 is 39.9 Å². The number of alkyl halides is 3. The molecule has 1 heterocycles. The third-order valence-electron chi connectivity index (χ3n) is 3.48. The van der Waals surface area contributed by atoms with Crippen molar-refractivity contribution in [3.63, 3.8) is 0 Å². The Labute approximate surface area is 149 Å². The van der Waals surface area contributed by atoms with Gasteiger partial charge in [-0.15, -0.1) is 0 Å². The molecule has 7 nitrogen and oxygen atoms in total. The van der Waals surface area contributed by atoms with Gasteiger partial charge < -0.3 is 5.32 Å². The molecule has 11 heteroatoms. The molecule has 0 radical (unpaired) electrons. The Kier molecular flexibility index (Phi) is 5.36. The van der Waals surface area contributed by atoms with E-state index >= 15 is 0 Å². The second kappa shape index (κ2) is 7.16.